The second kappa shape index (κ2) is 8.29. The molecule has 2 atom stereocenters. The molecule has 0 radical (unpaired) electrons. The number of rotatable bonds is 8. The predicted octanol–water partition coefficient (Wildman–Crippen LogP) is -0.102. The maximum Gasteiger partial charge on any atom is 0.303 e. The predicted molar refractivity (Wildman–Crippen MR) is 74.0 cm³/mol. The molecule has 0 unspecified atom stereocenters. The van der Waals surface area contributed by atoms with Crippen LogP contribution in [0.25, 0.3) is 0 Å². The number of aliphatic hydroxyl groups excluding tert-OH is 1. The quantitative estimate of drug-likeness (QED) is 0.497. The molecule has 0 saturated carbocycles. The summed E-state index contributed by atoms with van der Waals surface area (Å²) in [6.45, 7) is 0.209. The number of carbonyl (C=O) groups excluding carboxylic acids is 1. The summed E-state index contributed by atoms with van der Waals surface area (Å²) >= 11 is 0. The monoisotopic (exact) mass is 280 g/mol. The Morgan fingerprint density at radius 3 is 2.50 bits per heavy atom. The minimum absolute atomic E-state index is 0.0214. The third-order valence-electron chi connectivity index (χ3n) is 2.86. The van der Waals surface area contributed by atoms with Gasteiger partial charge in [0, 0.05) is 19.0 Å². The SMILES string of the molecule is N[C@H](Cc1ccccc1)[C@H](O)C(=O)NCCCC(=O)O. The van der Waals surface area contributed by atoms with Gasteiger partial charge in [0.2, 0.25) is 5.91 Å². The summed E-state index contributed by atoms with van der Waals surface area (Å²) in [6.07, 6.45) is -0.612. The highest BCUT2D eigenvalue weighted by molar-refractivity contribution is 5.81. The highest BCUT2D eigenvalue weighted by Crippen LogP contribution is 2.04. The molecule has 1 aromatic rings. The van der Waals surface area contributed by atoms with Gasteiger partial charge in [0.15, 0.2) is 0 Å². The third-order valence-corrected chi connectivity index (χ3v) is 2.86. The number of carboxylic acid groups (broad SMARTS) is 1. The van der Waals surface area contributed by atoms with Crippen molar-refractivity contribution < 1.29 is 19.8 Å². The van der Waals surface area contributed by atoms with Crippen LogP contribution < -0.4 is 11.1 Å². The van der Waals surface area contributed by atoms with Crippen LogP contribution in [0.3, 0.4) is 0 Å². The van der Waals surface area contributed by atoms with E-state index in [4.69, 9.17) is 10.8 Å². The van der Waals surface area contributed by atoms with E-state index in [1.54, 1.807) is 0 Å². The van der Waals surface area contributed by atoms with Crippen molar-refractivity contribution in [3.05, 3.63) is 35.9 Å². The van der Waals surface area contributed by atoms with E-state index in [1.165, 1.54) is 0 Å². The highest BCUT2D eigenvalue weighted by atomic mass is 16.4. The molecule has 0 fully saturated rings. The number of aliphatic hydroxyl groups is 1. The molecule has 110 valence electrons. The minimum atomic E-state index is -1.31. The Bertz CT molecular complexity index is 436. The number of amides is 1. The van der Waals surface area contributed by atoms with Crippen LogP contribution >= 0.6 is 0 Å². The largest absolute Gasteiger partial charge is 0.481 e. The van der Waals surface area contributed by atoms with Crippen LogP contribution in [0, 0.1) is 0 Å². The lowest BCUT2D eigenvalue weighted by molar-refractivity contribution is -0.137. The zero-order chi connectivity index (χ0) is 15.0. The molecular formula is C14H20N2O4. The van der Waals surface area contributed by atoms with Crippen LogP contribution in [0.4, 0.5) is 0 Å². The average Bonchev–Trinajstić information content (AvgIpc) is 2.43. The Morgan fingerprint density at radius 1 is 1.25 bits per heavy atom. The summed E-state index contributed by atoms with van der Waals surface area (Å²) in [5.41, 5.74) is 6.74. The van der Waals surface area contributed by atoms with E-state index in [0.29, 0.717) is 12.8 Å². The molecule has 0 bridgehead atoms. The Balaban J connectivity index is 2.34. The molecule has 0 heterocycles. The first-order valence-electron chi connectivity index (χ1n) is 6.47. The third kappa shape index (κ3) is 5.81. The number of benzene rings is 1. The number of hydrogen-bond donors (Lipinski definition) is 4. The summed E-state index contributed by atoms with van der Waals surface area (Å²) in [6, 6.07) is 8.65. The van der Waals surface area contributed by atoms with Gasteiger partial charge in [0.25, 0.3) is 0 Å². The van der Waals surface area contributed by atoms with E-state index in [2.05, 4.69) is 5.32 Å². The van der Waals surface area contributed by atoms with Gasteiger partial charge in [-0.2, -0.15) is 0 Å². The number of carboxylic acids is 1. The topological polar surface area (TPSA) is 113 Å². The van der Waals surface area contributed by atoms with Crippen molar-refractivity contribution in [2.45, 2.75) is 31.4 Å². The molecular weight excluding hydrogens is 260 g/mol. The summed E-state index contributed by atoms with van der Waals surface area (Å²) in [7, 11) is 0. The first kappa shape index (κ1) is 16.1. The zero-order valence-electron chi connectivity index (χ0n) is 11.2. The number of nitrogens with one attached hydrogen (secondary N) is 1. The summed E-state index contributed by atoms with van der Waals surface area (Å²) in [5, 5.41) is 20.7. The first-order chi connectivity index (χ1) is 9.50. The average molecular weight is 280 g/mol. The van der Waals surface area contributed by atoms with E-state index >= 15 is 0 Å². The number of nitrogens with two attached hydrogens (primary N) is 1. The van der Waals surface area contributed by atoms with Crippen LogP contribution in [0.15, 0.2) is 30.3 Å². The van der Waals surface area contributed by atoms with E-state index in [9.17, 15) is 14.7 Å². The van der Waals surface area contributed by atoms with Crippen LogP contribution in [0.1, 0.15) is 18.4 Å². The van der Waals surface area contributed by atoms with Gasteiger partial charge in [0.05, 0.1) is 0 Å². The van der Waals surface area contributed by atoms with Gasteiger partial charge in [-0.1, -0.05) is 30.3 Å². The molecule has 5 N–H and O–H groups in total. The second-order valence-electron chi connectivity index (χ2n) is 4.59. The van der Waals surface area contributed by atoms with Crippen molar-refractivity contribution in [2.75, 3.05) is 6.54 Å². The number of hydrogen-bond acceptors (Lipinski definition) is 4. The van der Waals surface area contributed by atoms with Gasteiger partial charge >= 0.3 is 5.97 Å². The molecule has 1 amide bonds. The molecule has 1 rings (SSSR count). The van der Waals surface area contributed by atoms with E-state index < -0.39 is 24.0 Å². The Morgan fingerprint density at radius 2 is 1.90 bits per heavy atom. The Labute approximate surface area is 117 Å². The molecule has 0 aliphatic heterocycles. The fourth-order valence-corrected chi connectivity index (χ4v) is 1.75. The van der Waals surface area contributed by atoms with Gasteiger partial charge in [-0.25, -0.2) is 0 Å². The smallest absolute Gasteiger partial charge is 0.303 e. The van der Waals surface area contributed by atoms with Crippen molar-refractivity contribution in [1.29, 1.82) is 0 Å². The lowest BCUT2D eigenvalue weighted by atomic mass is 10.0. The molecule has 0 saturated heterocycles. The van der Waals surface area contributed by atoms with E-state index in [0.717, 1.165) is 5.56 Å². The first-order valence-corrected chi connectivity index (χ1v) is 6.47. The van der Waals surface area contributed by atoms with Crippen LogP contribution in [0.5, 0.6) is 0 Å². The highest BCUT2D eigenvalue weighted by Gasteiger charge is 2.22. The molecule has 0 aromatic heterocycles. The van der Waals surface area contributed by atoms with Crippen molar-refractivity contribution in [3.8, 4) is 0 Å². The molecule has 6 nitrogen and oxygen atoms in total. The lowest BCUT2D eigenvalue weighted by Gasteiger charge is -2.18. The van der Waals surface area contributed by atoms with Crippen LogP contribution in [-0.2, 0) is 16.0 Å². The van der Waals surface area contributed by atoms with Crippen LogP contribution in [-0.4, -0.2) is 40.8 Å². The molecule has 0 spiro atoms. The van der Waals surface area contributed by atoms with Crippen LogP contribution in [0.2, 0.25) is 0 Å². The van der Waals surface area contributed by atoms with Crippen molar-refractivity contribution >= 4 is 11.9 Å². The molecule has 0 aliphatic carbocycles. The second-order valence-corrected chi connectivity index (χ2v) is 4.59. The summed E-state index contributed by atoms with van der Waals surface area (Å²) in [5.74, 6) is -1.49. The number of aliphatic carboxylic acids is 1. The Kier molecular flexibility index (Phi) is 6.69. The molecule has 1 aromatic carbocycles. The maximum absolute atomic E-state index is 11.6. The van der Waals surface area contributed by atoms with Gasteiger partial charge in [-0.15, -0.1) is 0 Å². The lowest BCUT2D eigenvalue weighted by Crippen LogP contribution is -2.47. The van der Waals surface area contributed by atoms with Crippen molar-refractivity contribution in [3.63, 3.8) is 0 Å². The normalized spacial score (nSPS) is 13.5. The minimum Gasteiger partial charge on any atom is -0.481 e. The Hall–Kier alpha value is -1.92. The standard InChI is InChI=1S/C14H20N2O4/c15-11(9-10-5-2-1-3-6-10)13(19)14(20)16-8-4-7-12(17)18/h1-3,5-6,11,13,19H,4,7-9,15H2,(H,16,20)(H,17,18)/t11-,13+/m1/s1. The fourth-order valence-electron chi connectivity index (χ4n) is 1.75. The number of carbonyl (C=O) groups is 2. The van der Waals surface area contributed by atoms with Gasteiger partial charge < -0.3 is 21.3 Å². The molecule has 0 aliphatic rings. The van der Waals surface area contributed by atoms with E-state index in [-0.39, 0.29) is 13.0 Å². The van der Waals surface area contributed by atoms with Gasteiger partial charge in [-0.05, 0) is 18.4 Å². The maximum atomic E-state index is 11.6. The fraction of sp³-hybridized carbons (Fsp3) is 0.429. The summed E-state index contributed by atoms with van der Waals surface area (Å²) < 4.78 is 0. The zero-order valence-corrected chi connectivity index (χ0v) is 11.2. The van der Waals surface area contributed by atoms with Crippen molar-refractivity contribution in [2.24, 2.45) is 5.73 Å². The summed E-state index contributed by atoms with van der Waals surface area (Å²) in [4.78, 5) is 21.9. The van der Waals surface area contributed by atoms with Gasteiger partial charge in [-0.3, -0.25) is 9.59 Å². The van der Waals surface area contributed by atoms with Gasteiger partial charge in [0.1, 0.15) is 6.10 Å². The molecule has 20 heavy (non-hydrogen) atoms. The van der Waals surface area contributed by atoms with E-state index in [1.807, 2.05) is 30.3 Å². The van der Waals surface area contributed by atoms with Crippen molar-refractivity contribution in [1.82, 2.24) is 5.32 Å². The molecule has 6 heteroatoms.